The van der Waals surface area contributed by atoms with Gasteiger partial charge in [-0.1, -0.05) is 62.4 Å². The maximum Gasteiger partial charge on any atom is 0.416 e. The molecule has 200 valence electrons. The number of nitrogens with one attached hydrogen (secondary N) is 1. The van der Waals surface area contributed by atoms with E-state index in [1.165, 1.54) is 6.07 Å². The summed E-state index contributed by atoms with van der Waals surface area (Å²) in [5, 5.41) is 2.71. The van der Waals surface area contributed by atoms with E-state index in [4.69, 9.17) is 9.73 Å². The fourth-order valence-corrected chi connectivity index (χ4v) is 4.03. The average molecular weight is 531 g/mol. The van der Waals surface area contributed by atoms with Gasteiger partial charge in [0.05, 0.1) is 17.0 Å². The number of aliphatic imine (C=N–C) groups is 1. The second kappa shape index (κ2) is 12.0. The molecule has 0 aliphatic rings. The van der Waals surface area contributed by atoms with Crippen LogP contribution in [0.25, 0.3) is 0 Å². The highest BCUT2D eigenvalue weighted by Crippen LogP contribution is 2.31. The number of ether oxygens (including phenoxy) is 1. The van der Waals surface area contributed by atoms with Crippen LogP contribution in [-0.4, -0.2) is 11.6 Å². The van der Waals surface area contributed by atoms with E-state index >= 15 is 0 Å². The fourth-order valence-electron chi connectivity index (χ4n) is 4.03. The number of carbonyl (C=O) groups excluding carboxylic acids is 1. The van der Waals surface area contributed by atoms with Crippen molar-refractivity contribution < 1.29 is 22.7 Å². The second-order valence-corrected chi connectivity index (χ2v) is 9.45. The maximum atomic E-state index is 13.0. The Morgan fingerprint density at radius 3 is 2.33 bits per heavy atom. The van der Waals surface area contributed by atoms with Crippen molar-refractivity contribution in [2.24, 2.45) is 10.9 Å². The molecule has 7 heteroatoms. The molecular formula is C32H29F3N2O2. The molecule has 0 atom stereocenters. The van der Waals surface area contributed by atoms with Gasteiger partial charge in [0, 0.05) is 17.7 Å². The Kier molecular flexibility index (Phi) is 8.49. The minimum Gasteiger partial charge on any atom is -0.457 e. The van der Waals surface area contributed by atoms with Crippen LogP contribution in [0.5, 0.6) is 11.5 Å². The van der Waals surface area contributed by atoms with E-state index in [0.717, 1.165) is 29.0 Å². The summed E-state index contributed by atoms with van der Waals surface area (Å²) in [5.74, 6) is 1.03. The van der Waals surface area contributed by atoms with E-state index in [1.54, 1.807) is 18.2 Å². The van der Waals surface area contributed by atoms with Gasteiger partial charge < -0.3 is 10.1 Å². The third-order valence-electron chi connectivity index (χ3n) is 6.10. The molecule has 0 spiro atoms. The monoisotopic (exact) mass is 530 g/mol. The van der Waals surface area contributed by atoms with E-state index in [-0.39, 0.29) is 12.5 Å². The molecule has 1 amide bonds. The number of nitrogens with zero attached hydrogens (tertiary/aromatic N) is 1. The SMILES string of the molecule is Cc1ccc(C(=O)NCc2cccc(C(F)(F)F)c2)cc1N=C(c1ccccc1Oc1ccccc1)C(C)C. The molecule has 0 bridgehead atoms. The zero-order valence-corrected chi connectivity index (χ0v) is 21.9. The first kappa shape index (κ1) is 27.6. The minimum atomic E-state index is -4.44. The minimum absolute atomic E-state index is 0.0311. The van der Waals surface area contributed by atoms with Gasteiger partial charge in [-0.3, -0.25) is 9.79 Å². The van der Waals surface area contributed by atoms with Gasteiger partial charge in [0.1, 0.15) is 11.5 Å². The average Bonchev–Trinajstić information content (AvgIpc) is 2.92. The van der Waals surface area contributed by atoms with Crippen molar-refractivity contribution in [2.75, 3.05) is 0 Å². The molecule has 4 aromatic carbocycles. The number of rotatable bonds is 8. The van der Waals surface area contributed by atoms with Crippen LogP contribution in [0.2, 0.25) is 0 Å². The highest BCUT2D eigenvalue weighted by Gasteiger charge is 2.30. The van der Waals surface area contributed by atoms with Crippen LogP contribution >= 0.6 is 0 Å². The van der Waals surface area contributed by atoms with Gasteiger partial charge in [-0.25, -0.2) is 0 Å². The molecule has 0 unspecified atom stereocenters. The number of para-hydroxylation sites is 2. The molecule has 0 aliphatic carbocycles. The van der Waals surface area contributed by atoms with Crippen LogP contribution in [0, 0.1) is 12.8 Å². The largest absolute Gasteiger partial charge is 0.457 e. The lowest BCUT2D eigenvalue weighted by Gasteiger charge is -2.16. The van der Waals surface area contributed by atoms with Crippen molar-refractivity contribution in [3.8, 4) is 11.5 Å². The number of aryl methyl sites for hydroxylation is 1. The zero-order valence-electron chi connectivity index (χ0n) is 21.9. The molecule has 0 radical (unpaired) electrons. The summed E-state index contributed by atoms with van der Waals surface area (Å²) in [4.78, 5) is 17.9. The molecule has 4 aromatic rings. The van der Waals surface area contributed by atoms with Crippen LogP contribution < -0.4 is 10.1 Å². The summed E-state index contributed by atoms with van der Waals surface area (Å²) in [6, 6.07) is 27.3. The van der Waals surface area contributed by atoms with Crippen LogP contribution in [0.4, 0.5) is 18.9 Å². The summed E-state index contributed by atoms with van der Waals surface area (Å²) < 4.78 is 45.2. The van der Waals surface area contributed by atoms with Gasteiger partial charge >= 0.3 is 6.18 Å². The molecule has 0 saturated carbocycles. The van der Waals surface area contributed by atoms with Crippen molar-refractivity contribution in [3.05, 3.63) is 125 Å². The number of hydrogen-bond acceptors (Lipinski definition) is 3. The number of alkyl halides is 3. The summed E-state index contributed by atoms with van der Waals surface area (Å²) in [6.45, 7) is 5.96. The zero-order chi connectivity index (χ0) is 28.0. The normalized spacial score (nSPS) is 11.9. The molecule has 0 heterocycles. The van der Waals surface area contributed by atoms with E-state index in [9.17, 15) is 18.0 Å². The standard InChI is InChI=1S/C32H29F3N2O2/c1-21(2)30(27-14-7-8-15-29(27)39-26-12-5-4-6-13-26)37-28-19-24(17-16-22(28)3)31(38)36-20-23-10-9-11-25(18-23)32(33,34)35/h4-19,21H,20H2,1-3H3,(H,36,38). The summed E-state index contributed by atoms with van der Waals surface area (Å²) >= 11 is 0. The Morgan fingerprint density at radius 1 is 0.897 bits per heavy atom. The van der Waals surface area contributed by atoms with E-state index < -0.39 is 17.6 Å². The smallest absolute Gasteiger partial charge is 0.416 e. The second-order valence-electron chi connectivity index (χ2n) is 9.45. The summed E-state index contributed by atoms with van der Waals surface area (Å²) in [6.07, 6.45) is -4.44. The van der Waals surface area contributed by atoms with Gasteiger partial charge in [-0.15, -0.1) is 0 Å². The first-order valence-electron chi connectivity index (χ1n) is 12.6. The first-order chi connectivity index (χ1) is 18.6. The molecule has 0 fully saturated rings. The highest BCUT2D eigenvalue weighted by molar-refractivity contribution is 6.06. The third kappa shape index (κ3) is 7.13. The Balaban J connectivity index is 1.60. The van der Waals surface area contributed by atoms with Crippen LogP contribution in [0.1, 0.15) is 46.5 Å². The quantitative estimate of drug-likeness (QED) is 0.232. The van der Waals surface area contributed by atoms with Gasteiger partial charge in [0.25, 0.3) is 5.91 Å². The maximum absolute atomic E-state index is 13.0. The van der Waals surface area contributed by atoms with Gasteiger partial charge in [-0.05, 0) is 72.5 Å². The predicted molar refractivity (Wildman–Crippen MR) is 148 cm³/mol. The lowest BCUT2D eigenvalue weighted by atomic mass is 9.98. The molecule has 39 heavy (non-hydrogen) atoms. The van der Waals surface area contributed by atoms with E-state index in [2.05, 4.69) is 5.32 Å². The Hall–Kier alpha value is -4.39. The molecule has 0 aliphatic heterocycles. The van der Waals surface area contributed by atoms with Crippen LogP contribution in [0.3, 0.4) is 0 Å². The van der Waals surface area contributed by atoms with Crippen LogP contribution in [-0.2, 0) is 12.7 Å². The lowest BCUT2D eigenvalue weighted by Crippen LogP contribution is -2.23. The van der Waals surface area contributed by atoms with Crippen molar-refractivity contribution in [2.45, 2.75) is 33.5 Å². The number of hydrogen-bond donors (Lipinski definition) is 1. The van der Waals surface area contributed by atoms with Crippen LogP contribution in [0.15, 0.2) is 102 Å². The Labute approximate surface area is 226 Å². The summed E-state index contributed by atoms with van der Waals surface area (Å²) in [5.41, 5.74) is 3.12. The van der Waals surface area contributed by atoms with Gasteiger partial charge in [-0.2, -0.15) is 13.2 Å². The summed E-state index contributed by atoms with van der Waals surface area (Å²) in [7, 11) is 0. The molecule has 1 N–H and O–H groups in total. The predicted octanol–water partition coefficient (Wildman–Crippen LogP) is 8.51. The molecule has 4 rings (SSSR count). The topological polar surface area (TPSA) is 50.7 Å². The van der Waals surface area contributed by atoms with Gasteiger partial charge in [0.2, 0.25) is 0 Å². The Morgan fingerprint density at radius 2 is 1.62 bits per heavy atom. The number of halogens is 3. The molecular weight excluding hydrogens is 501 g/mol. The van der Waals surface area contributed by atoms with Crippen molar-refractivity contribution in [1.29, 1.82) is 0 Å². The number of amides is 1. The molecule has 0 saturated heterocycles. The number of benzene rings is 4. The van der Waals surface area contributed by atoms with E-state index in [1.807, 2.05) is 81.4 Å². The van der Waals surface area contributed by atoms with Crippen molar-refractivity contribution in [1.82, 2.24) is 5.32 Å². The van der Waals surface area contributed by atoms with Crippen molar-refractivity contribution in [3.63, 3.8) is 0 Å². The first-order valence-corrected chi connectivity index (χ1v) is 12.6. The third-order valence-corrected chi connectivity index (χ3v) is 6.10. The number of carbonyl (C=O) groups is 1. The lowest BCUT2D eigenvalue weighted by molar-refractivity contribution is -0.137. The highest BCUT2D eigenvalue weighted by atomic mass is 19.4. The Bertz CT molecular complexity index is 1480. The van der Waals surface area contributed by atoms with Crippen molar-refractivity contribution >= 4 is 17.3 Å². The molecule has 0 aromatic heterocycles. The van der Waals surface area contributed by atoms with E-state index in [0.29, 0.717) is 28.3 Å². The fraction of sp³-hybridized carbons (Fsp3) is 0.188. The van der Waals surface area contributed by atoms with Gasteiger partial charge in [0.15, 0.2) is 0 Å². The molecule has 4 nitrogen and oxygen atoms in total.